The van der Waals surface area contributed by atoms with Gasteiger partial charge >= 0.3 is 0 Å². The van der Waals surface area contributed by atoms with Gasteiger partial charge in [0.25, 0.3) is 5.56 Å². The quantitative estimate of drug-likeness (QED) is 0.812. The van der Waals surface area contributed by atoms with Crippen molar-refractivity contribution in [3.8, 4) is 17.0 Å². The second kappa shape index (κ2) is 4.25. The van der Waals surface area contributed by atoms with E-state index in [1.807, 2.05) is 52.9 Å². The van der Waals surface area contributed by atoms with Crippen LogP contribution in [0.2, 0.25) is 0 Å². The second-order valence-electron chi connectivity index (χ2n) is 3.31. The summed E-state index contributed by atoms with van der Waals surface area (Å²) >= 11 is 1.82. The van der Waals surface area contributed by atoms with Gasteiger partial charge in [-0.2, -0.15) is 5.10 Å². The van der Waals surface area contributed by atoms with E-state index in [1.54, 1.807) is 7.05 Å². The largest absolute Gasteiger partial charge is 0.504 e. The van der Waals surface area contributed by atoms with Crippen molar-refractivity contribution in [2.45, 2.75) is 0 Å². The maximum absolute atomic E-state index is 11.5. The number of nitrogens with zero attached hydrogens (tertiary/aromatic N) is 2. The fourth-order valence-corrected chi connectivity index (χ4v) is 1.99. The summed E-state index contributed by atoms with van der Waals surface area (Å²) in [4.78, 5) is 11.5. The van der Waals surface area contributed by atoms with Gasteiger partial charge in [0.05, 0.1) is 0 Å². The minimum absolute atomic E-state index is 0.0603. The lowest BCUT2D eigenvalue weighted by molar-refractivity contribution is 0.463. The van der Waals surface area contributed by atoms with Crippen molar-refractivity contribution in [2.24, 2.45) is 7.05 Å². The first-order valence-corrected chi connectivity index (χ1v) is 5.70. The Bertz CT molecular complexity index is 579. The van der Waals surface area contributed by atoms with Crippen molar-refractivity contribution in [3.63, 3.8) is 0 Å². The van der Waals surface area contributed by atoms with Crippen LogP contribution in [0.25, 0.3) is 11.3 Å². The molecule has 0 saturated carbocycles. The lowest BCUT2D eigenvalue weighted by atomic mass is 10.1. The molecule has 0 atom stereocenters. The van der Waals surface area contributed by atoms with Crippen LogP contribution in [0, 0.1) is 3.57 Å². The molecule has 0 aliphatic carbocycles. The third kappa shape index (κ3) is 1.82. The first-order chi connectivity index (χ1) is 7.61. The number of benzene rings is 1. The number of rotatable bonds is 1. The lowest BCUT2D eigenvalue weighted by Crippen LogP contribution is -2.22. The van der Waals surface area contributed by atoms with Gasteiger partial charge in [-0.25, -0.2) is 4.68 Å². The number of hydrogen-bond acceptors (Lipinski definition) is 3. The van der Waals surface area contributed by atoms with Crippen molar-refractivity contribution in [2.75, 3.05) is 0 Å². The summed E-state index contributed by atoms with van der Waals surface area (Å²) in [6, 6.07) is 9.27. The van der Waals surface area contributed by atoms with Gasteiger partial charge in [-0.3, -0.25) is 4.79 Å². The molecular formula is C11H9IN2O2. The van der Waals surface area contributed by atoms with Crippen molar-refractivity contribution < 1.29 is 5.11 Å². The van der Waals surface area contributed by atoms with Crippen LogP contribution in [-0.2, 0) is 7.05 Å². The predicted molar refractivity (Wildman–Crippen MR) is 69.3 cm³/mol. The Hall–Kier alpha value is -1.37. The molecule has 0 amide bonds. The van der Waals surface area contributed by atoms with Crippen LogP contribution in [0.4, 0.5) is 0 Å². The zero-order valence-electron chi connectivity index (χ0n) is 8.51. The van der Waals surface area contributed by atoms with Crippen LogP contribution in [-0.4, -0.2) is 14.9 Å². The maximum Gasteiger partial charge on any atom is 0.283 e. The fraction of sp³-hybridized carbons (Fsp3) is 0.0909. The van der Waals surface area contributed by atoms with E-state index < -0.39 is 0 Å². The van der Waals surface area contributed by atoms with Gasteiger partial charge in [0, 0.05) is 12.6 Å². The van der Waals surface area contributed by atoms with E-state index in [4.69, 9.17) is 0 Å². The van der Waals surface area contributed by atoms with E-state index in [0.717, 1.165) is 5.56 Å². The van der Waals surface area contributed by atoms with Crippen molar-refractivity contribution in [1.29, 1.82) is 0 Å². The standard InChI is InChI=1S/C11H9IN2O2/c1-14-11(16)8(12)10(15)9(13-14)7-5-3-2-4-6-7/h2-6,15H,1H3. The molecule has 5 heteroatoms. The smallest absolute Gasteiger partial charge is 0.283 e. The summed E-state index contributed by atoms with van der Waals surface area (Å²) < 4.78 is 1.51. The number of aromatic hydroxyl groups is 1. The molecule has 0 unspecified atom stereocenters. The second-order valence-corrected chi connectivity index (χ2v) is 4.38. The molecule has 1 N–H and O–H groups in total. The van der Waals surface area contributed by atoms with Crippen molar-refractivity contribution in [1.82, 2.24) is 9.78 Å². The molecule has 1 aromatic carbocycles. The topological polar surface area (TPSA) is 55.1 Å². The van der Waals surface area contributed by atoms with E-state index in [0.29, 0.717) is 5.69 Å². The Balaban J connectivity index is 2.73. The molecule has 1 aromatic heterocycles. The van der Waals surface area contributed by atoms with Crippen molar-refractivity contribution >= 4 is 22.6 Å². The number of hydrogen-bond donors (Lipinski definition) is 1. The molecule has 1 heterocycles. The highest BCUT2D eigenvalue weighted by Gasteiger charge is 2.14. The van der Waals surface area contributed by atoms with Gasteiger partial charge in [-0.05, 0) is 22.6 Å². The zero-order valence-corrected chi connectivity index (χ0v) is 10.7. The Labute approximate surface area is 106 Å². The molecule has 0 spiro atoms. The van der Waals surface area contributed by atoms with Crippen LogP contribution in [0.1, 0.15) is 0 Å². The van der Waals surface area contributed by atoms with E-state index in [2.05, 4.69) is 5.10 Å². The fourth-order valence-electron chi connectivity index (χ4n) is 1.38. The first kappa shape index (κ1) is 11.1. The average molecular weight is 328 g/mol. The summed E-state index contributed by atoms with van der Waals surface area (Å²) in [6.45, 7) is 0. The SMILES string of the molecule is Cn1nc(-c2ccccc2)c(O)c(I)c1=O. The Morgan fingerprint density at radius 1 is 1.31 bits per heavy atom. The predicted octanol–water partition coefficient (Wildman–Crippen LogP) is 1.76. The van der Waals surface area contributed by atoms with E-state index in [9.17, 15) is 9.90 Å². The normalized spacial score (nSPS) is 10.4. The Morgan fingerprint density at radius 3 is 2.56 bits per heavy atom. The van der Waals surface area contributed by atoms with Gasteiger partial charge in [-0.1, -0.05) is 30.3 Å². The summed E-state index contributed by atoms with van der Waals surface area (Å²) in [6.07, 6.45) is 0. The van der Waals surface area contributed by atoms with Crippen LogP contribution in [0.3, 0.4) is 0 Å². The van der Waals surface area contributed by atoms with Crippen molar-refractivity contribution in [3.05, 3.63) is 44.3 Å². The van der Waals surface area contributed by atoms with Gasteiger partial charge < -0.3 is 5.11 Å². The summed E-state index contributed by atoms with van der Waals surface area (Å²) in [5.41, 5.74) is 0.915. The molecule has 0 aliphatic heterocycles. The summed E-state index contributed by atoms with van der Waals surface area (Å²) in [5, 5.41) is 13.9. The molecule has 0 radical (unpaired) electrons. The van der Waals surface area contributed by atoms with E-state index >= 15 is 0 Å². The Morgan fingerprint density at radius 2 is 1.94 bits per heavy atom. The molecule has 0 saturated heterocycles. The van der Waals surface area contributed by atoms with E-state index in [-0.39, 0.29) is 14.9 Å². The molecule has 0 bridgehead atoms. The lowest BCUT2D eigenvalue weighted by Gasteiger charge is -2.07. The number of halogens is 1. The van der Waals surface area contributed by atoms with Gasteiger partial charge in [0.2, 0.25) is 0 Å². The summed E-state index contributed by atoms with van der Waals surface area (Å²) in [5.74, 6) is -0.0603. The first-order valence-electron chi connectivity index (χ1n) is 4.62. The monoisotopic (exact) mass is 328 g/mol. The highest BCUT2D eigenvalue weighted by atomic mass is 127. The molecular weight excluding hydrogens is 319 g/mol. The van der Waals surface area contributed by atoms with Crippen LogP contribution < -0.4 is 5.56 Å². The molecule has 82 valence electrons. The molecule has 2 rings (SSSR count). The minimum Gasteiger partial charge on any atom is -0.504 e. The zero-order chi connectivity index (χ0) is 11.7. The average Bonchev–Trinajstić information content (AvgIpc) is 2.32. The third-order valence-electron chi connectivity index (χ3n) is 2.21. The van der Waals surface area contributed by atoms with Crippen LogP contribution in [0.15, 0.2) is 35.1 Å². The molecule has 0 fully saturated rings. The van der Waals surface area contributed by atoms with Gasteiger partial charge in [0.1, 0.15) is 9.26 Å². The maximum atomic E-state index is 11.5. The van der Waals surface area contributed by atoms with Gasteiger partial charge in [-0.15, -0.1) is 0 Å². The van der Waals surface area contributed by atoms with E-state index in [1.165, 1.54) is 4.68 Å². The third-order valence-corrected chi connectivity index (χ3v) is 3.18. The molecule has 16 heavy (non-hydrogen) atoms. The number of aryl methyl sites for hydroxylation is 1. The highest BCUT2D eigenvalue weighted by Crippen LogP contribution is 2.28. The van der Waals surface area contributed by atoms with Crippen LogP contribution in [0.5, 0.6) is 5.75 Å². The molecule has 2 aromatic rings. The number of aromatic nitrogens is 2. The summed E-state index contributed by atoms with van der Waals surface area (Å²) in [7, 11) is 1.57. The molecule has 0 aliphatic rings. The van der Waals surface area contributed by atoms with Gasteiger partial charge in [0.15, 0.2) is 5.75 Å². The highest BCUT2D eigenvalue weighted by molar-refractivity contribution is 14.1. The minimum atomic E-state index is -0.294. The Kier molecular flexibility index (Phi) is 2.95. The molecule has 4 nitrogen and oxygen atoms in total. The van der Waals surface area contributed by atoms with Crippen LogP contribution >= 0.6 is 22.6 Å².